The monoisotopic (exact) mass is 455 g/mol. The summed E-state index contributed by atoms with van der Waals surface area (Å²) >= 11 is 1.67. The van der Waals surface area contributed by atoms with E-state index >= 15 is 0 Å². The van der Waals surface area contributed by atoms with Crippen molar-refractivity contribution in [1.82, 2.24) is 14.9 Å². The molecule has 5 rings (SSSR count). The molecule has 2 unspecified atom stereocenters. The normalized spacial score (nSPS) is 22.3. The maximum absolute atomic E-state index is 13.0. The van der Waals surface area contributed by atoms with Crippen LogP contribution in [0.4, 0.5) is 0 Å². The number of rotatable bonds is 6. The van der Waals surface area contributed by atoms with Gasteiger partial charge in [0.15, 0.2) is 16.7 Å². The topological polar surface area (TPSA) is 73.8 Å². The standard InChI is InChI=1S/C24H29N3O4S/c1-16-12-25-24(32-14-19-5-3-9-29-19)26-23(16)18-4-2-8-27(13-18)22(28)11-17-6-7-20-21(10-17)31-15-30-20/h6-7,10,12,18-19H,2-5,8-9,11,13-15H2,1H3. The summed E-state index contributed by atoms with van der Waals surface area (Å²) in [5.41, 5.74) is 3.13. The third-order valence-electron chi connectivity index (χ3n) is 6.36. The first kappa shape index (κ1) is 21.5. The minimum absolute atomic E-state index is 0.147. The van der Waals surface area contributed by atoms with Crippen LogP contribution in [0.5, 0.6) is 11.5 Å². The third kappa shape index (κ3) is 4.86. The van der Waals surface area contributed by atoms with Crippen molar-refractivity contribution in [1.29, 1.82) is 0 Å². The molecule has 7 nitrogen and oxygen atoms in total. The molecule has 2 aromatic rings. The predicted octanol–water partition coefficient (Wildman–Crippen LogP) is 3.73. The highest BCUT2D eigenvalue weighted by Gasteiger charge is 2.28. The first-order valence-electron chi connectivity index (χ1n) is 11.4. The lowest BCUT2D eigenvalue weighted by atomic mass is 9.92. The van der Waals surface area contributed by atoms with Crippen LogP contribution >= 0.6 is 11.8 Å². The van der Waals surface area contributed by atoms with E-state index < -0.39 is 0 Å². The van der Waals surface area contributed by atoms with Crippen molar-refractivity contribution in [2.45, 2.75) is 56.2 Å². The number of hydrogen-bond acceptors (Lipinski definition) is 7. The number of nitrogens with zero attached hydrogens (tertiary/aromatic N) is 3. The molecule has 0 aliphatic carbocycles. The number of fused-ring (bicyclic) bond motifs is 1. The van der Waals surface area contributed by atoms with Crippen LogP contribution in [0.1, 0.15) is 48.4 Å². The molecular weight excluding hydrogens is 426 g/mol. The fourth-order valence-corrected chi connectivity index (χ4v) is 5.52. The van der Waals surface area contributed by atoms with Gasteiger partial charge in [-0.3, -0.25) is 4.79 Å². The number of carbonyl (C=O) groups excluding carboxylic acids is 1. The molecule has 0 bridgehead atoms. The molecule has 2 atom stereocenters. The Bertz CT molecular complexity index is 980. The van der Waals surface area contributed by atoms with Crippen LogP contribution in [0.3, 0.4) is 0 Å². The van der Waals surface area contributed by atoms with E-state index in [1.165, 1.54) is 0 Å². The van der Waals surface area contributed by atoms with Gasteiger partial charge in [-0.25, -0.2) is 9.97 Å². The van der Waals surface area contributed by atoms with Crippen LogP contribution < -0.4 is 9.47 Å². The van der Waals surface area contributed by atoms with Crippen molar-refractivity contribution in [3.8, 4) is 11.5 Å². The van der Waals surface area contributed by atoms with Gasteiger partial charge in [0.2, 0.25) is 12.7 Å². The van der Waals surface area contributed by atoms with E-state index in [-0.39, 0.29) is 18.6 Å². The highest BCUT2D eigenvalue weighted by molar-refractivity contribution is 7.99. The van der Waals surface area contributed by atoms with Crippen LogP contribution in [-0.4, -0.2) is 59.1 Å². The number of benzene rings is 1. The van der Waals surface area contributed by atoms with Gasteiger partial charge in [-0.1, -0.05) is 17.8 Å². The zero-order chi connectivity index (χ0) is 21.9. The molecule has 0 N–H and O–H groups in total. The number of ether oxygens (including phenoxy) is 3. The van der Waals surface area contributed by atoms with Gasteiger partial charge in [0.25, 0.3) is 0 Å². The van der Waals surface area contributed by atoms with E-state index in [4.69, 9.17) is 19.2 Å². The van der Waals surface area contributed by atoms with Gasteiger partial charge in [-0.05, 0) is 55.9 Å². The highest BCUT2D eigenvalue weighted by Crippen LogP contribution is 2.33. The Hall–Kier alpha value is -2.32. The Morgan fingerprint density at radius 3 is 3.00 bits per heavy atom. The first-order chi connectivity index (χ1) is 15.7. The minimum atomic E-state index is 0.147. The Morgan fingerprint density at radius 2 is 2.12 bits per heavy atom. The molecule has 1 amide bonds. The molecule has 0 radical (unpaired) electrons. The number of hydrogen-bond donors (Lipinski definition) is 0. The SMILES string of the molecule is Cc1cnc(SCC2CCCO2)nc1C1CCCN(C(=O)Cc2ccc3c(c2)OCO3)C1. The number of piperidine rings is 1. The summed E-state index contributed by atoms with van der Waals surface area (Å²) in [6, 6.07) is 5.73. The van der Waals surface area contributed by atoms with Gasteiger partial charge in [-0.2, -0.15) is 0 Å². The Balaban J connectivity index is 1.23. The number of amides is 1. The maximum Gasteiger partial charge on any atom is 0.231 e. The lowest BCUT2D eigenvalue weighted by Gasteiger charge is -2.33. The number of aromatic nitrogens is 2. The lowest BCUT2D eigenvalue weighted by molar-refractivity contribution is -0.131. The summed E-state index contributed by atoms with van der Waals surface area (Å²) < 4.78 is 16.5. The van der Waals surface area contributed by atoms with Gasteiger partial charge in [0.05, 0.1) is 18.2 Å². The lowest BCUT2D eigenvalue weighted by Crippen LogP contribution is -2.40. The third-order valence-corrected chi connectivity index (χ3v) is 7.36. The van der Waals surface area contributed by atoms with Crippen LogP contribution in [0, 0.1) is 6.92 Å². The molecule has 1 aromatic heterocycles. The molecule has 170 valence electrons. The molecule has 3 aliphatic rings. The molecule has 1 aromatic carbocycles. The van der Waals surface area contributed by atoms with Crippen molar-refractivity contribution in [2.24, 2.45) is 0 Å². The molecule has 4 heterocycles. The summed E-state index contributed by atoms with van der Waals surface area (Å²) in [6.07, 6.45) is 6.90. The van der Waals surface area contributed by atoms with E-state index in [9.17, 15) is 4.79 Å². The quantitative estimate of drug-likeness (QED) is 0.485. The summed E-state index contributed by atoms with van der Waals surface area (Å²) in [5, 5.41) is 0.810. The second kappa shape index (κ2) is 9.67. The maximum atomic E-state index is 13.0. The number of likely N-dealkylation sites (tertiary alicyclic amines) is 1. The smallest absolute Gasteiger partial charge is 0.231 e. The summed E-state index contributed by atoms with van der Waals surface area (Å²) in [5.74, 6) is 2.75. The molecule has 2 saturated heterocycles. The molecule has 0 spiro atoms. The van der Waals surface area contributed by atoms with Gasteiger partial charge >= 0.3 is 0 Å². The van der Waals surface area contributed by atoms with Crippen molar-refractivity contribution < 1.29 is 19.0 Å². The first-order valence-corrected chi connectivity index (χ1v) is 12.4. The molecule has 32 heavy (non-hydrogen) atoms. The molecule has 3 aliphatic heterocycles. The number of carbonyl (C=O) groups is 1. The Kier molecular flexibility index (Phi) is 6.50. The molecule has 8 heteroatoms. The van der Waals surface area contributed by atoms with Crippen LogP contribution in [0.2, 0.25) is 0 Å². The minimum Gasteiger partial charge on any atom is -0.454 e. The zero-order valence-corrected chi connectivity index (χ0v) is 19.2. The van der Waals surface area contributed by atoms with Crippen LogP contribution in [-0.2, 0) is 16.0 Å². The average molecular weight is 456 g/mol. The van der Waals surface area contributed by atoms with Crippen LogP contribution in [0.15, 0.2) is 29.6 Å². The van der Waals surface area contributed by atoms with E-state index in [1.807, 2.05) is 29.3 Å². The highest BCUT2D eigenvalue weighted by atomic mass is 32.2. The van der Waals surface area contributed by atoms with Gasteiger partial charge in [-0.15, -0.1) is 0 Å². The van der Waals surface area contributed by atoms with E-state index in [1.54, 1.807) is 11.8 Å². The second-order valence-corrected chi connectivity index (χ2v) is 9.70. The van der Waals surface area contributed by atoms with Crippen molar-refractivity contribution in [3.63, 3.8) is 0 Å². The van der Waals surface area contributed by atoms with E-state index in [2.05, 4.69) is 11.9 Å². The Morgan fingerprint density at radius 1 is 1.22 bits per heavy atom. The summed E-state index contributed by atoms with van der Waals surface area (Å²) in [6.45, 7) is 4.68. The summed E-state index contributed by atoms with van der Waals surface area (Å²) in [4.78, 5) is 24.5. The van der Waals surface area contributed by atoms with E-state index in [0.717, 1.165) is 78.1 Å². The number of thioether (sulfide) groups is 1. The largest absolute Gasteiger partial charge is 0.454 e. The molecule has 0 saturated carbocycles. The predicted molar refractivity (Wildman–Crippen MR) is 121 cm³/mol. The average Bonchev–Trinajstić information content (AvgIpc) is 3.50. The summed E-state index contributed by atoms with van der Waals surface area (Å²) in [7, 11) is 0. The number of aryl methyl sites for hydroxylation is 1. The van der Waals surface area contributed by atoms with Gasteiger partial charge < -0.3 is 19.1 Å². The van der Waals surface area contributed by atoms with Gasteiger partial charge in [0.1, 0.15) is 0 Å². The fourth-order valence-electron chi connectivity index (χ4n) is 4.63. The second-order valence-electron chi connectivity index (χ2n) is 8.71. The zero-order valence-electron chi connectivity index (χ0n) is 18.4. The van der Waals surface area contributed by atoms with Crippen molar-refractivity contribution in [3.05, 3.63) is 41.2 Å². The van der Waals surface area contributed by atoms with E-state index in [0.29, 0.717) is 19.1 Å². The van der Waals surface area contributed by atoms with Crippen LogP contribution in [0.25, 0.3) is 0 Å². The molecule has 2 fully saturated rings. The Labute approximate surface area is 192 Å². The van der Waals surface area contributed by atoms with Gasteiger partial charge in [0, 0.05) is 37.6 Å². The fraction of sp³-hybridized carbons (Fsp3) is 0.542. The van der Waals surface area contributed by atoms with Crippen molar-refractivity contribution >= 4 is 17.7 Å². The molecular formula is C24H29N3O4S. The van der Waals surface area contributed by atoms with Crippen molar-refractivity contribution in [2.75, 3.05) is 32.2 Å².